The van der Waals surface area contributed by atoms with Crippen molar-refractivity contribution in [3.05, 3.63) is 0 Å². The molecule has 0 rings (SSSR count). The van der Waals surface area contributed by atoms with Gasteiger partial charge in [-0.1, -0.05) is 6.92 Å². The third-order valence-electron chi connectivity index (χ3n) is 2.20. The summed E-state index contributed by atoms with van der Waals surface area (Å²) < 4.78 is 10.5. The Balaban J connectivity index is 3.56. The van der Waals surface area contributed by atoms with Crippen LogP contribution >= 0.6 is 12.6 Å². The van der Waals surface area contributed by atoms with Gasteiger partial charge >= 0.3 is 0 Å². The zero-order valence-corrected chi connectivity index (χ0v) is 10.4. The lowest BCUT2D eigenvalue weighted by atomic mass is 10.3. The van der Waals surface area contributed by atoms with Crippen LogP contribution in [0, 0.1) is 0 Å². The molecule has 0 spiro atoms. The number of likely N-dealkylation sites (N-methyl/N-ethyl adjacent to an activating group) is 1. The fourth-order valence-electron chi connectivity index (χ4n) is 1.39. The van der Waals surface area contributed by atoms with E-state index in [0.29, 0.717) is 6.04 Å². The van der Waals surface area contributed by atoms with Gasteiger partial charge in [-0.2, -0.15) is 12.6 Å². The highest BCUT2D eigenvalue weighted by molar-refractivity contribution is 7.80. The van der Waals surface area contributed by atoms with E-state index < -0.39 is 0 Å². The van der Waals surface area contributed by atoms with Crippen LogP contribution in [0.4, 0.5) is 0 Å². The number of thiol groups is 1. The van der Waals surface area contributed by atoms with Crippen molar-refractivity contribution in [2.75, 3.05) is 45.8 Å². The van der Waals surface area contributed by atoms with Crippen LogP contribution in [-0.4, -0.2) is 56.7 Å². The van der Waals surface area contributed by atoms with E-state index in [2.05, 4.69) is 31.4 Å². The molecule has 0 N–H and O–H groups in total. The van der Waals surface area contributed by atoms with E-state index in [-0.39, 0.29) is 0 Å². The topological polar surface area (TPSA) is 21.7 Å². The van der Waals surface area contributed by atoms with Gasteiger partial charge in [0, 0.05) is 25.4 Å². The Morgan fingerprint density at radius 1 is 1.36 bits per heavy atom. The number of ether oxygens (including phenoxy) is 2. The van der Waals surface area contributed by atoms with Crippen LogP contribution in [0.25, 0.3) is 0 Å². The van der Waals surface area contributed by atoms with E-state index in [1.807, 2.05) is 0 Å². The molecule has 86 valence electrons. The number of rotatable bonds is 9. The van der Waals surface area contributed by atoms with Gasteiger partial charge in [0.05, 0.1) is 19.8 Å². The smallest absolute Gasteiger partial charge is 0.0615 e. The Bertz CT molecular complexity index is 125. The second-order valence-electron chi connectivity index (χ2n) is 3.27. The number of hydrogen-bond acceptors (Lipinski definition) is 4. The van der Waals surface area contributed by atoms with Crippen LogP contribution < -0.4 is 0 Å². The van der Waals surface area contributed by atoms with E-state index >= 15 is 0 Å². The fourth-order valence-corrected chi connectivity index (χ4v) is 1.51. The average Bonchev–Trinajstić information content (AvgIpc) is 2.18. The Morgan fingerprint density at radius 2 is 2.07 bits per heavy atom. The third-order valence-corrected chi connectivity index (χ3v) is 2.38. The molecule has 0 aliphatic carbocycles. The van der Waals surface area contributed by atoms with Gasteiger partial charge in [-0.05, 0) is 13.5 Å². The zero-order chi connectivity index (χ0) is 10.8. The Morgan fingerprint density at radius 3 is 2.57 bits per heavy atom. The van der Waals surface area contributed by atoms with Gasteiger partial charge in [-0.3, -0.25) is 4.90 Å². The van der Waals surface area contributed by atoms with Gasteiger partial charge in [0.1, 0.15) is 0 Å². The lowest BCUT2D eigenvalue weighted by Crippen LogP contribution is -2.38. The molecule has 0 fully saturated rings. The maximum Gasteiger partial charge on any atom is 0.0615 e. The fraction of sp³-hybridized carbons (Fsp3) is 1.00. The highest BCUT2D eigenvalue weighted by Gasteiger charge is 2.10. The minimum absolute atomic E-state index is 0.463. The summed E-state index contributed by atoms with van der Waals surface area (Å²) in [5.41, 5.74) is 0. The van der Waals surface area contributed by atoms with Crippen LogP contribution in [0.1, 0.15) is 13.8 Å². The minimum atomic E-state index is 0.463. The van der Waals surface area contributed by atoms with Crippen molar-refractivity contribution in [2.45, 2.75) is 19.9 Å². The molecule has 0 aliphatic rings. The van der Waals surface area contributed by atoms with E-state index in [0.717, 1.165) is 38.7 Å². The molecule has 14 heavy (non-hydrogen) atoms. The molecular weight excluding hydrogens is 198 g/mol. The Hall–Kier alpha value is 0.230. The van der Waals surface area contributed by atoms with Gasteiger partial charge in [0.15, 0.2) is 0 Å². The molecule has 4 heteroatoms. The van der Waals surface area contributed by atoms with Crippen molar-refractivity contribution in [2.24, 2.45) is 0 Å². The summed E-state index contributed by atoms with van der Waals surface area (Å²) in [6.07, 6.45) is 0. The van der Waals surface area contributed by atoms with Crippen LogP contribution in [0.5, 0.6) is 0 Å². The van der Waals surface area contributed by atoms with Crippen LogP contribution in [0.15, 0.2) is 0 Å². The molecule has 0 aliphatic heterocycles. The molecule has 0 aromatic rings. The standard InChI is InChI=1S/C10H23NO2S/c1-4-11(10(2)9-12-3)5-6-13-7-8-14/h10,14H,4-9H2,1-3H3. The van der Waals surface area contributed by atoms with Crippen molar-refractivity contribution in [3.8, 4) is 0 Å². The molecule has 0 radical (unpaired) electrons. The van der Waals surface area contributed by atoms with E-state index in [9.17, 15) is 0 Å². The second-order valence-corrected chi connectivity index (χ2v) is 3.72. The zero-order valence-electron chi connectivity index (χ0n) is 9.53. The van der Waals surface area contributed by atoms with Crippen LogP contribution in [0.3, 0.4) is 0 Å². The molecule has 0 amide bonds. The monoisotopic (exact) mass is 221 g/mol. The summed E-state index contributed by atoms with van der Waals surface area (Å²) in [4.78, 5) is 2.35. The Kier molecular flexibility index (Phi) is 9.93. The number of methoxy groups -OCH3 is 1. The first-order valence-electron chi connectivity index (χ1n) is 5.17. The lowest BCUT2D eigenvalue weighted by molar-refractivity contribution is 0.0679. The molecule has 1 atom stereocenters. The molecule has 0 saturated carbocycles. The first-order valence-corrected chi connectivity index (χ1v) is 5.81. The van der Waals surface area contributed by atoms with Crippen molar-refractivity contribution in [1.29, 1.82) is 0 Å². The maximum atomic E-state index is 5.38. The summed E-state index contributed by atoms with van der Waals surface area (Å²) in [5, 5.41) is 0. The summed E-state index contributed by atoms with van der Waals surface area (Å²) in [5.74, 6) is 0.791. The SMILES string of the molecule is CCN(CCOCCS)C(C)COC. The van der Waals surface area contributed by atoms with Crippen LogP contribution in [-0.2, 0) is 9.47 Å². The normalized spacial score (nSPS) is 13.5. The number of nitrogens with zero attached hydrogens (tertiary/aromatic N) is 1. The van der Waals surface area contributed by atoms with Gasteiger partial charge in [-0.15, -0.1) is 0 Å². The average molecular weight is 221 g/mol. The molecular formula is C10H23NO2S. The maximum absolute atomic E-state index is 5.38. The minimum Gasteiger partial charge on any atom is -0.383 e. The molecule has 0 aromatic heterocycles. The molecule has 3 nitrogen and oxygen atoms in total. The predicted octanol–water partition coefficient (Wildman–Crippen LogP) is 1.29. The van der Waals surface area contributed by atoms with E-state index in [1.165, 1.54) is 0 Å². The lowest BCUT2D eigenvalue weighted by Gasteiger charge is -2.26. The van der Waals surface area contributed by atoms with Gasteiger partial charge < -0.3 is 9.47 Å². The summed E-state index contributed by atoms with van der Waals surface area (Å²) >= 11 is 4.08. The van der Waals surface area contributed by atoms with Crippen molar-refractivity contribution in [3.63, 3.8) is 0 Å². The summed E-state index contributed by atoms with van der Waals surface area (Å²) in [6.45, 7) is 8.63. The molecule has 0 saturated heterocycles. The molecule has 1 unspecified atom stereocenters. The first-order chi connectivity index (χ1) is 6.76. The first kappa shape index (κ1) is 14.2. The predicted molar refractivity (Wildman–Crippen MR) is 63.3 cm³/mol. The Labute approximate surface area is 93.2 Å². The third kappa shape index (κ3) is 6.65. The van der Waals surface area contributed by atoms with E-state index in [4.69, 9.17) is 9.47 Å². The quantitative estimate of drug-likeness (QED) is 0.468. The van der Waals surface area contributed by atoms with Crippen molar-refractivity contribution < 1.29 is 9.47 Å². The van der Waals surface area contributed by atoms with Gasteiger partial charge in [-0.25, -0.2) is 0 Å². The van der Waals surface area contributed by atoms with Gasteiger partial charge in [0.25, 0.3) is 0 Å². The summed E-state index contributed by atoms with van der Waals surface area (Å²) in [6, 6.07) is 0.463. The highest BCUT2D eigenvalue weighted by atomic mass is 32.1. The van der Waals surface area contributed by atoms with Crippen molar-refractivity contribution >= 4 is 12.6 Å². The molecule has 0 heterocycles. The largest absolute Gasteiger partial charge is 0.383 e. The van der Waals surface area contributed by atoms with Crippen molar-refractivity contribution in [1.82, 2.24) is 4.90 Å². The van der Waals surface area contributed by atoms with Crippen LogP contribution in [0.2, 0.25) is 0 Å². The van der Waals surface area contributed by atoms with Gasteiger partial charge in [0.2, 0.25) is 0 Å². The molecule has 0 aromatic carbocycles. The summed E-state index contributed by atoms with van der Waals surface area (Å²) in [7, 11) is 1.74. The number of hydrogen-bond donors (Lipinski definition) is 1. The molecule has 0 bridgehead atoms. The second kappa shape index (κ2) is 9.77. The van der Waals surface area contributed by atoms with E-state index in [1.54, 1.807) is 7.11 Å². The highest BCUT2D eigenvalue weighted by Crippen LogP contribution is 1.98.